The highest BCUT2D eigenvalue weighted by Gasteiger charge is 2.18. The van der Waals surface area contributed by atoms with Gasteiger partial charge in [0.1, 0.15) is 11.6 Å². The molecule has 0 aliphatic carbocycles. The van der Waals surface area contributed by atoms with Crippen molar-refractivity contribution in [2.24, 2.45) is 0 Å². The number of amides is 1. The Morgan fingerprint density at radius 3 is 2.80 bits per heavy atom. The number of carbonyl (C=O) groups excluding carboxylic acids is 1. The summed E-state index contributed by atoms with van der Waals surface area (Å²) in [6.45, 7) is 3.97. The molecule has 2 aromatic carbocycles. The molecule has 0 saturated carbocycles. The summed E-state index contributed by atoms with van der Waals surface area (Å²) in [5.74, 6) is -0.358. The lowest BCUT2D eigenvalue weighted by Gasteiger charge is -2.10. The molecule has 1 aliphatic rings. The predicted octanol–water partition coefficient (Wildman–Crippen LogP) is 4.20. The number of para-hydroxylation sites is 1. The normalized spacial score (nSPS) is 16.5. The van der Waals surface area contributed by atoms with E-state index in [1.807, 2.05) is 24.4 Å². The summed E-state index contributed by atoms with van der Waals surface area (Å²) in [4.78, 5) is 12.5. The van der Waals surface area contributed by atoms with Crippen molar-refractivity contribution in [2.45, 2.75) is 32.4 Å². The van der Waals surface area contributed by atoms with Crippen molar-refractivity contribution in [1.29, 1.82) is 5.26 Å². The zero-order chi connectivity index (χ0) is 20.9. The van der Waals surface area contributed by atoms with Gasteiger partial charge < -0.3 is 14.6 Å². The molecule has 152 valence electrons. The molecule has 0 radical (unpaired) electrons. The number of hydrogen-bond acceptors (Lipinski definition) is 3. The zero-order valence-electron chi connectivity index (χ0n) is 17.1. The molecule has 3 aromatic rings. The number of hydrogen-bond donors (Lipinski definition) is 1. The lowest BCUT2D eigenvalue weighted by Crippen LogP contribution is -2.32. The van der Waals surface area contributed by atoms with Crippen LogP contribution in [0.3, 0.4) is 0 Å². The molecule has 1 amide bonds. The molecule has 5 heteroatoms. The van der Waals surface area contributed by atoms with E-state index in [-0.39, 0.29) is 17.6 Å². The molecular weight excluding hydrogens is 374 g/mol. The van der Waals surface area contributed by atoms with E-state index in [0.717, 1.165) is 42.5 Å². The van der Waals surface area contributed by atoms with Crippen LogP contribution in [-0.4, -0.2) is 29.7 Å². The van der Waals surface area contributed by atoms with Crippen LogP contribution in [0.2, 0.25) is 0 Å². The number of aryl methyl sites for hydroxylation is 1. The molecule has 4 rings (SSSR count). The molecular formula is C25H25N3O2. The monoisotopic (exact) mass is 399 g/mol. The van der Waals surface area contributed by atoms with Gasteiger partial charge in [-0.15, -0.1) is 0 Å². The van der Waals surface area contributed by atoms with Crippen molar-refractivity contribution in [3.8, 4) is 6.07 Å². The quantitative estimate of drug-likeness (QED) is 0.499. The number of fused-ring (bicyclic) bond motifs is 1. The van der Waals surface area contributed by atoms with Gasteiger partial charge in [0.15, 0.2) is 0 Å². The first-order chi connectivity index (χ1) is 14.6. The van der Waals surface area contributed by atoms with Gasteiger partial charge in [-0.2, -0.15) is 5.26 Å². The summed E-state index contributed by atoms with van der Waals surface area (Å²) in [5, 5.41) is 13.4. The minimum atomic E-state index is -0.358. The zero-order valence-corrected chi connectivity index (χ0v) is 17.1. The first-order valence-electron chi connectivity index (χ1n) is 10.3. The highest BCUT2D eigenvalue weighted by atomic mass is 16.5. The van der Waals surface area contributed by atoms with Crippen LogP contribution < -0.4 is 5.32 Å². The standard InChI is InChI=1S/C25H25N3O2/c1-18-8-10-19(11-9-18)16-28-17-21(23-6-2-3-7-24(23)28)13-20(14-26)25(29)27-15-22-5-4-12-30-22/h2-3,6-11,13,17,22H,4-5,12,15-16H2,1H3,(H,27,29)/b20-13+. The van der Waals surface area contributed by atoms with Gasteiger partial charge in [0.25, 0.3) is 5.91 Å². The summed E-state index contributed by atoms with van der Waals surface area (Å²) in [6.07, 6.45) is 5.69. The lowest BCUT2D eigenvalue weighted by molar-refractivity contribution is -0.117. The molecule has 30 heavy (non-hydrogen) atoms. The van der Waals surface area contributed by atoms with Crippen LogP contribution in [0.15, 0.2) is 60.3 Å². The van der Waals surface area contributed by atoms with Crippen LogP contribution in [0.1, 0.15) is 29.5 Å². The van der Waals surface area contributed by atoms with Crippen molar-refractivity contribution < 1.29 is 9.53 Å². The number of rotatable bonds is 6. The topological polar surface area (TPSA) is 67.0 Å². The van der Waals surface area contributed by atoms with Gasteiger partial charge in [-0.05, 0) is 37.5 Å². The molecule has 1 aliphatic heterocycles. The van der Waals surface area contributed by atoms with Crippen LogP contribution in [0.25, 0.3) is 17.0 Å². The first-order valence-corrected chi connectivity index (χ1v) is 10.3. The van der Waals surface area contributed by atoms with E-state index < -0.39 is 0 Å². The second-order valence-corrected chi connectivity index (χ2v) is 7.73. The molecule has 1 aromatic heterocycles. The first kappa shape index (κ1) is 19.9. The fourth-order valence-electron chi connectivity index (χ4n) is 3.82. The van der Waals surface area contributed by atoms with Crippen molar-refractivity contribution in [3.63, 3.8) is 0 Å². The summed E-state index contributed by atoms with van der Waals surface area (Å²) in [6, 6.07) is 18.6. The minimum absolute atomic E-state index is 0.0466. The van der Waals surface area contributed by atoms with Gasteiger partial charge >= 0.3 is 0 Å². The van der Waals surface area contributed by atoms with E-state index in [2.05, 4.69) is 53.2 Å². The SMILES string of the molecule is Cc1ccc(Cn2cc(/C=C(\C#N)C(=O)NCC3CCCO3)c3ccccc32)cc1. The Balaban J connectivity index is 1.60. The summed E-state index contributed by atoms with van der Waals surface area (Å²) in [5.41, 5.74) is 4.47. The number of aromatic nitrogens is 1. The van der Waals surface area contributed by atoms with Crippen molar-refractivity contribution >= 4 is 22.9 Å². The second kappa shape index (κ2) is 8.98. The highest BCUT2D eigenvalue weighted by Crippen LogP contribution is 2.25. The average Bonchev–Trinajstić information content (AvgIpc) is 3.40. The Kier molecular flexibility index (Phi) is 5.97. The maximum atomic E-state index is 12.5. The maximum absolute atomic E-state index is 12.5. The van der Waals surface area contributed by atoms with E-state index in [1.165, 1.54) is 11.1 Å². The Labute approximate surface area is 176 Å². The third-order valence-electron chi connectivity index (χ3n) is 5.47. The molecule has 5 nitrogen and oxygen atoms in total. The Morgan fingerprint density at radius 2 is 2.07 bits per heavy atom. The second-order valence-electron chi connectivity index (χ2n) is 7.73. The number of benzene rings is 2. The smallest absolute Gasteiger partial charge is 0.262 e. The van der Waals surface area contributed by atoms with Crippen molar-refractivity contribution in [3.05, 3.63) is 77.0 Å². The lowest BCUT2D eigenvalue weighted by atomic mass is 10.1. The summed E-state index contributed by atoms with van der Waals surface area (Å²) < 4.78 is 7.70. The van der Waals surface area contributed by atoms with Crippen LogP contribution in [0.5, 0.6) is 0 Å². The number of nitrogens with one attached hydrogen (secondary N) is 1. The third kappa shape index (κ3) is 4.45. The van der Waals surface area contributed by atoms with Crippen molar-refractivity contribution in [1.82, 2.24) is 9.88 Å². The number of nitriles is 1. The van der Waals surface area contributed by atoms with Gasteiger partial charge in [-0.25, -0.2) is 0 Å². The van der Waals surface area contributed by atoms with Crippen LogP contribution in [0, 0.1) is 18.3 Å². The Hall–Kier alpha value is -3.36. The van der Waals surface area contributed by atoms with E-state index in [1.54, 1.807) is 6.08 Å². The number of carbonyl (C=O) groups is 1. The number of nitrogens with zero attached hydrogens (tertiary/aromatic N) is 2. The molecule has 0 spiro atoms. The Morgan fingerprint density at radius 1 is 1.27 bits per heavy atom. The van der Waals surface area contributed by atoms with Gasteiger partial charge in [0.2, 0.25) is 0 Å². The molecule has 1 atom stereocenters. The molecule has 2 heterocycles. The van der Waals surface area contributed by atoms with E-state index in [0.29, 0.717) is 6.54 Å². The Bertz CT molecular complexity index is 1110. The maximum Gasteiger partial charge on any atom is 0.262 e. The van der Waals surface area contributed by atoms with Gasteiger partial charge in [-0.3, -0.25) is 4.79 Å². The third-order valence-corrected chi connectivity index (χ3v) is 5.47. The molecule has 1 N–H and O–H groups in total. The number of ether oxygens (including phenoxy) is 1. The predicted molar refractivity (Wildman–Crippen MR) is 118 cm³/mol. The largest absolute Gasteiger partial charge is 0.376 e. The average molecular weight is 399 g/mol. The van der Waals surface area contributed by atoms with Gasteiger partial charge in [-0.1, -0.05) is 48.0 Å². The van der Waals surface area contributed by atoms with Gasteiger partial charge in [0, 0.05) is 42.4 Å². The fourth-order valence-corrected chi connectivity index (χ4v) is 3.82. The summed E-state index contributed by atoms with van der Waals surface area (Å²) >= 11 is 0. The van der Waals surface area contributed by atoms with Crippen molar-refractivity contribution in [2.75, 3.05) is 13.2 Å². The van der Waals surface area contributed by atoms with Gasteiger partial charge in [0.05, 0.1) is 6.10 Å². The van der Waals surface area contributed by atoms with E-state index in [4.69, 9.17) is 4.74 Å². The van der Waals surface area contributed by atoms with Crippen LogP contribution >= 0.6 is 0 Å². The summed E-state index contributed by atoms with van der Waals surface area (Å²) in [7, 11) is 0. The fraction of sp³-hybridized carbons (Fsp3) is 0.280. The van der Waals surface area contributed by atoms with Crippen LogP contribution in [0.4, 0.5) is 0 Å². The minimum Gasteiger partial charge on any atom is -0.376 e. The van der Waals surface area contributed by atoms with Crippen LogP contribution in [-0.2, 0) is 16.1 Å². The molecule has 1 fully saturated rings. The molecule has 1 unspecified atom stereocenters. The molecule has 1 saturated heterocycles. The van der Waals surface area contributed by atoms with E-state index >= 15 is 0 Å². The molecule has 0 bridgehead atoms. The van der Waals surface area contributed by atoms with E-state index in [9.17, 15) is 10.1 Å². The highest BCUT2D eigenvalue weighted by molar-refractivity contribution is 6.04.